The van der Waals surface area contributed by atoms with Gasteiger partial charge in [-0.3, -0.25) is 0 Å². The molecule has 9 aromatic carbocycles. The van der Waals surface area contributed by atoms with Gasteiger partial charge in [0.05, 0.1) is 27.8 Å². The number of furan rings is 1. The zero-order valence-corrected chi connectivity index (χ0v) is 34.0. The Morgan fingerprint density at radius 1 is 0.413 bits per heavy atom. The second-order valence-corrected chi connectivity index (χ2v) is 16.1. The van der Waals surface area contributed by atoms with Crippen molar-refractivity contribution in [3.05, 3.63) is 229 Å². The summed E-state index contributed by atoms with van der Waals surface area (Å²) >= 11 is 0. The summed E-state index contributed by atoms with van der Waals surface area (Å²) in [4.78, 5) is 10.8. The van der Waals surface area contributed by atoms with Gasteiger partial charge in [0.1, 0.15) is 12.0 Å². The highest BCUT2D eigenvalue weighted by molar-refractivity contribution is 6.26. The Bertz CT molecular complexity index is 3820. The van der Waals surface area contributed by atoms with Gasteiger partial charge in [-0.2, -0.15) is 0 Å². The van der Waals surface area contributed by atoms with Gasteiger partial charge in [0.15, 0.2) is 17.0 Å². The maximum atomic E-state index is 7.34. The second-order valence-electron chi connectivity index (χ2n) is 16.1. The SMILES string of the molecule is c1ccc(C2=NC(c3ccccc3-n3c4ccccc4c4ccc5c6ccc7c8ccccc8n(-c8ccccc8)c7c6oc5c43)=NC(c3ccccc3-c3ccccc3)N2)cc1. The molecule has 1 N–H and O–H groups in total. The Morgan fingerprint density at radius 3 is 1.60 bits per heavy atom. The smallest absolute Gasteiger partial charge is 0.161 e. The van der Waals surface area contributed by atoms with E-state index in [4.69, 9.17) is 14.4 Å². The van der Waals surface area contributed by atoms with E-state index in [2.05, 4.69) is 221 Å². The molecule has 12 aromatic rings. The van der Waals surface area contributed by atoms with Crippen LogP contribution in [0.3, 0.4) is 0 Å². The molecule has 63 heavy (non-hydrogen) atoms. The third-order valence-electron chi connectivity index (χ3n) is 12.6. The van der Waals surface area contributed by atoms with Gasteiger partial charge in [-0.1, -0.05) is 164 Å². The summed E-state index contributed by atoms with van der Waals surface area (Å²) in [5.41, 5.74) is 13.3. The molecule has 6 heteroatoms. The fourth-order valence-corrected chi connectivity index (χ4v) is 9.83. The summed E-state index contributed by atoms with van der Waals surface area (Å²) in [7, 11) is 0. The number of hydrogen-bond acceptors (Lipinski definition) is 4. The number of benzene rings is 9. The second kappa shape index (κ2) is 14.0. The first-order valence-corrected chi connectivity index (χ1v) is 21.4. The molecule has 6 nitrogen and oxygen atoms in total. The zero-order valence-electron chi connectivity index (χ0n) is 34.0. The predicted octanol–water partition coefficient (Wildman–Crippen LogP) is 13.9. The van der Waals surface area contributed by atoms with Gasteiger partial charge in [0.2, 0.25) is 0 Å². The van der Waals surface area contributed by atoms with Crippen molar-refractivity contribution in [1.29, 1.82) is 0 Å². The lowest BCUT2D eigenvalue weighted by atomic mass is 9.97. The number of hydrogen-bond donors (Lipinski definition) is 1. The molecule has 0 radical (unpaired) electrons. The van der Waals surface area contributed by atoms with Crippen LogP contribution in [0.5, 0.6) is 0 Å². The molecule has 296 valence electrons. The quantitative estimate of drug-likeness (QED) is 0.182. The molecule has 0 saturated heterocycles. The number of aliphatic imine (C=N–C) groups is 2. The maximum Gasteiger partial charge on any atom is 0.161 e. The lowest BCUT2D eigenvalue weighted by molar-refractivity contribution is 0.673. The van der Waals surface area contributed by atoms with Crippen molar-refractivity contribution in [2.45, 2.75) is 6.17 Å². The molecule has 1 unspecified atom stereocenters. The van der Waals surface area contributed by atoms with E-state index in [1.54, 1.807) is 0 Å². The predicted molar refractivity (Wildman–Crippen MR) is 260 cm³/mol. The Labute approximate surface area is 362 Å². The van der Waals surface area contributed by atoms with Crippen LogP contribution in [0, 0.1) is 0 Å². The van der Waals surface area contributed by atoms with Crippen molar-refractivity contribution < 1.29 is 4.42 Å². The summed E-state index contributed by atoms with van der Waals surface area (Å²) in [6, 6.07) is 74.7. The molecule has 0 amide bonds. The molecular formula is C57H37N5O. The van der Waals surface area contributed by atoms with Gasteiger partial charge in [-0.25, -0.2) is 9.98 Å². The Hall–Kier alpha value is -8.48. The van der Waals surface area contributed by atoms with E-state index in [1.165, 1.54) is 5.39 Å². The highest BCUT2D eigenvalue weighted by Gasteiger charge is 2.27. The van der Waals surface area contributed by atoms with Gasteiger partial charge < -0.3 is 18.9 Å². The average molecular weight is 808 g/mol. The van der Waals surface area contributed by atoms with Crippen LogP contribution < -0.4 is 5.32 Å². The molecule has 13 rings (SSSR count). The number of nitrogens with one attached hydrogen (secondary N) is 1. The number of fused-ring (bicyclic) bond motifs is 11. The standard InChI is InChI=1S/C57H37N5O/c1-4-18-36(19-5-1)39-24-10-11-27-46(39)56-58-55(37-20-6-2-7-21-37)59-57(60-56)47-28-14-17-31-50(47)62-49-30-16-13-26-41(49)43-33-35-45-44-34-32-42-40-25-12-15-29-48(40)61(38-22-8-3-9-23-38)51(42)53(44)63-54(45)52(43)62/h1-35,56H,(H,58,59,60). The van der Waals surface area contributed by atoms with Gasteiger partial charge >= 0.3 is 0 Å². The lowest BCUT2D eigenvalue weighted by Gasteiger charge is -2.26. The van der Waals surface area contributed by atoms with E-state index in [9.17, 15) is 0 Å². The fourth-order valence-electron chi connectivity index (χ4n) is 9.83. The molecule has 1 aliphatic heterocycles. The number of amidine groups is 2. The molecule has 0 aliphatic carbocycles. The minimum absolute atomic E-state index is 0.406. The number of nitrogens with zero attached hydrogens (tertiary/aromatic N) is 4. The molecule has 0 bridgehead atoms. The van der Waals surface area contributed by atoms with Crippen molar-refractivity contribution in [2.24, 2.45) is 9.98 Å². The Morgan fingerprint density at radius 2 is 0.921 bits per heavy atom. The van der Waals surface area contributed by atoms with Gasteiger partial charge in [0.25, 0.3) is 0 Å². The van der Waals surface area contributed by atoms with E-state index in [1.807, 2.05) is 6.07 Å². The van der Waals surface area contributed by atoms with E-state index >= 15 is 0 Å². The van der Waals surface area contributed by atoms with Gasteiger partial charge in [0, 0.05) is 54.7 Å². The zero-order chi connectivity index (χ0) is 41.4. The summed E-state index contributed by atoms with van der Waals surface area (Å²) in [6.07, 6.45) is -0.406. The Kier molecular flexibility index (Phi) is 7.87. The lowest BCUT2D eigenvalue weighted by Crippen LogP contribution is -2.34. The minimum Gasteiger partial charge on any atom is -0.452 e. The van der Waals surface area contributed by atoms with Crippen molar-refractivity contribution in [3.8, 4) is 22.5 Å². The largest absolute Gasteiger partial charge is 0.452 e. The van der Waals surface area contributed by atoms with E-state index in [0.717, 1.165) is 105 Å². The van der Waals surface area contributed by atoms with E-state index < -0.39 is 6.17 Å². The number of aromatic nitrogens is 2. The monoisotopic (exact) mass is 807 g/mol. The fraction of sp³-hybridized carbons (Fsp3) is 0.0175. The molecule has 4 heterocycles. The van der Waals surface area contributed by atoms with Crippen molar-refractivity contribution >= 4 is 77.2 Å². The van der Waals surface area contributed by atoms with Crippen LogP contribution in [0.1, 0.15) is 22.9 Å². The average Bonchev–Trinajstić information content (AvgIpc) is 4.03. The summed E-state index contributed by atoms with van der Waals surface area (Å²) in [5.74, 6) is 1.41. The summed E-state index contributed by atoms with van der Waals surface area (Å²) < 4.78 is 12.1. The van der Waals surface area contributed by atoms with E-state index in [-0.39, 0.29) is 0 Å². The molecule has 0 spiro atoms. The number of para-hydroxylation sites is 4. The Balaban J connectivity index is 1.08. The molecule has 0 saturated carbocycles. The van der Waals surface area contributed by atoms with Crippen LogP contribution in [-0.4, -0.2) is 20.8 Å². The third kappa shape index (κ3) is 5.45. The van der Waals surface area contributed by atoms with Crippen LogP contribution in [0.25, 0.3) is 88.1 Å². The van der Waals surface area contributed by atoms with Crippen LogP contribution in [0.4, 0.5) is 0 Å². The van der Waals surface area contributed by atoms with Crippen LogP contribution in [0.15, 0.2) is 227 Å². The van der Waals surface area contributed by atoms with Crippen LogP contribution in [-0.2, 0) is 0 Å². The molecule has 3 aromatic heterocycles. The summed E-state index contributed by atoms with van der Waals surface area (Å²) in [5, 5.41) is 10.5. The molecule has 1 atom stereocenters. The molecule has 1 aliphatic rings. The van der Waals surface area contributed by atoms with Crippen molar-refractivity contribution in [2.75, 3.05) is 0 Å². The minimum atomic E-state index is -0.406. The molecular weight excluding hydrogens is 771 g/mol. The van der Waals surface area contributed by atoms with Gasteiger partial charge in [-0.05, 0) is 59.7 Å². The normalized spacial score (nSPS) is 14.2. The third-order valence-corrected chi connectivity index (χ3v) is 12.6. The van der Waals surface area contributed by atoms with E-state index in [0.29, 0.717) is 5.84 Å². The van der Waals surface area contributed by atoms with Crippen molar-refractivity contribution in [3.63, 3.8) is 0 Å². The summed E-state index contributed by atoms with van der Waals surface area (Å²) in [6.45, 7) is 0. The van der Waals surface area contributed by atoms with Crippen molar-refractivity contribution in [1.82, 2.24) is 14.5 Å². The van der Waals surface area contributed by atoms with Crippen LogP contribution >= 0.6 is 0 Å². The van der Waals surface area contributed by atoms with Crippen LogP contribution in [0.2, 0.25) is 0 Å². The maximum absolute atomic E-state index is 7.34. The first-order valence-electron chi connectivity index (χ1n) is 21.4. The van der Waals surface area contributed by atoms with Gasteiger partial charge in [-0.15, -0.1) is 0 Å². The number of rotatable bonds is 6. The topological polar surface area (TPSA) is 59.8 Å². The highest BCUT2D eigenvalue weighted by atomic mass is 16.3. The first-order chi connectivity index (χ1) is 31.3. The first kappa shape index (κ1) is 35.3. The molecule has 0 fully saturated rings. The highest BCUT2D eigenvalue weighted by Crippen LogP contribution is 2.45.